The summed E-state index contributed by atoms with van der Waals surface area (Å²) < 4.78 is 38.3. The minimum absolute atomic E-state index is 0.345. The topological polar surface area (TPSA) is 15.3 Å². The summed E-state index contributed by atoms with van der Waals surface area (Å²) in [6.45, 7) is 1.62. The molecule has 2 aliphatic rings. The summed E-state index contributed by atoms with van der Waals surface area (Å²) in [5.41, 5.74) is 0.145. The van der Waals surface area contributed by atoms with Gasteiger partial charge in [0.05, 0.1) is 5.56 Å². The molecule has 1 saturated carbocycles. The second-order valence-electron chi connectivity index (χ2n) is 5.30. The highest BCUT2D eigenvalue weighted by molar-refractivity contribution is 5.51. The molecule has 0 amide bonds. The Morgan fingerprint density at radius 1 is 1.21 bits per heavy atom. The molecule has 19 heavy (non-hydrogen) atoms. The standard InChI is InChI=1S/C14H17F3N2/c15-14(16,17)10-3-1-4-11(9-10)19-8-7-18-12-5-2-6-13(12)19/h1,3-4,9,12-13,18H,2,5-8H2/t12-,13-/m1/s1. The van der Waals surface area contributed by atoms with Gasteiger partial charge in [0.2, 0.25) is 0 Å². The van der Waals surface area contributed by atoms with Crippen LogP contribution in [0, 0.1) is 0 Å². The molecule has 1 aromatic rings. The zero-order valence-corrected chi connectivity index (χ0v) is 10.6. The molecule has 1 aliphatic heterocycles. The van der Waals surface area contributed by atoms with E-state index in [0.717, 1.165) is 38.4 Å². The monoisotopic (exact) mass is 270 g/mol. The third-order valence-corrected chi connectivity index (χ3v) is 4.14. The Morgan fingerprint density at radius 2 is 2.05 bits per heavy atom. The predicted octanol–water partition coefficient (Wildman–Crippen LogP) is 3.04. The van der Waals surface area contributed by atoms with E-state index in [4.69, 9.17) is 0 Å². The van der Waals surface area contributed by atoms with E-state index >= 15 is 0 Å². The number of piperazine rings is 1. The Balaban J connectivity index is 1.89. The van der Waals surface area contributed by atoms with Crippen molar-refractivity contribution in [2.24, 2.45) is 0 Å². The third kappa shape index (κ3) is 2.43. The largest absolute Gasteiger partial charge is 0.416 e. The van der Waals surface area contributed by atoms with E-state index in [9.17, 15) is 13.2 Å². The van der Waals surface area contributed by atoms with Crippen LogP contribution in [0.1, 0.15) is 24.8 Å². The summed E-state index contributed by atoms with van der Waals surface area (Å²) in [5, 5.41) is 3.46. The first-order valence-electron chi connectivity index (χ1n) is 6.73. The molecule has 0 radical (unpaired) electrons. The van der Waals surface area contributed by atoms with Crippen molar-refractivity contribution in [3.63, 3.8) is 0 Å². The van der Waals surface area contributed by atoms with Crippen molar-refractivity contribution in [1.82, 2.24) is 5.32 Å². The Kier molecular flexibility index (Phi) is 3.17. The normalized spacial score (nSPS) is 27.4. The van der Waals surface area contributed by atoms with E-state index in [-0.39, 0.29) is 0 Å². The van der Waals surface area contributed by atoms with Crippen molar-refractivity contribution in [1.29, 1.82) is 0 Å². The van der Waals surface area contributed by atoms with Crippen LogP contribution in [0.5, 0.6) is 0 Å². The molecular weight excluding hydrogens is 253 g/mol. The van der Waals surface area contributed by atoms with Gasteiger partial charge < -0.3 is 10.2 Å². The number of fused-ring (bicyclic) bond motifs is 1. The first-order chi connectivity index (χ1) is 9.05. The second-order valence-corrected chi connectivity index (χ2v) is 5.30. The maximum Gasteiger partial charge on any atom is 0.416 e. The summed E-state index contributed by atoms with van der Waals surface area (Å²) in [6, 6.07) is 6.49. The SMILES string of the molecule is FC(F)(F)c1cccc(N2CCN[C@@H]3CCC[C@H]32)c1. The number of anilines is 1. The van der Waals surface area contributed by atoms with Crippen molar-refractivity contribution in [2.75, 3.05) is 18.0 Å². The molecule has 1 saturated heterocycles. The quantitative estimate of drug-likeness (QED) is 0.844. The molecule has 0 bridgehead atoms. The number of benzene rings is 1. The van der Waals surface area contributed by atoms with Gasteiger partial charge in [-0.15, -0.1) is 0 Å². The zero-order valence-electron chi connectivity index (χ0n) is 10.6. The molecule has 1 heterocycles. The fourth-order valence-corrected chi connectivity index (χ4v) is 3.27. The fourth-order valence-electron chi connectivity index (χ4n) is 3.27. The number of hydrogen-bond donors (Lipinski definition) is 1. The lowest BCUT2D eigenvalue weighted by Gasteiger charge is -2.40. The molecular formula is C14H17F3N2. The lowest BCUT2D eigenvalue weighted by Crippen LogP contribution is -2.55. The van der Waals surface area contributed by atoms with E-state index in [1.807, 2.05) is 0 Å². The van der Waals surface area contributed by atoms with Crippen molar-refractivity contribution < 1.29 is 13.2 Å². The van der Waals surface area contributed by atoms with Crippen molar-refractivity contribution >= 4 is 5.69 Å². The van der Waals surface area contributed by atoms with Crippen LogP contribution >= 0.6 is 0 Å². The van der Waals surface area contributed by atoms with Crippen molar-refractivity contribution in [3.05, 3.63) is 29.8 Å². The van der Waals surface area contributed by atoms with Gasteiger partial charge in [0, 0.05) is 30.9 Å². The molecule has 5 heteroatoms. The van der Waals surface area contributed by atoms with Crippen LogP contribution < -0.4 is 10.2 Å². The molecule has 0 aromatic heterocycles. The minimum atomic E-state index is -4.26. The van der Waals surface area contributed by atoms with Gasteiger partial charge >= 0.3 is 6.18 Å². The van der Waals surface area contributed by atoms with Gasteiger partial charge in [0.15, 0.2) is 0 Å². The summed E-state index contributed by atoms with van der Waals surface area (Å²) in [5.74, 6) is 0. The Bertz CT molecular complexity index is 458. The van der Waals surface area contributed by atoms with Gasteiger partial charge in [0.25, 0.3) is 0 Å². The highest BCUT2D eigenvalue weighted by atomic mass is 19.4. The number of rotatable bonds is 1. The summed E-state index contributed by atoms with van der Waals surface area (Å²) >= 11 is 0. The lowest BCUT2D eigenvalue weighted by molar-refractivity contribution is -0.137. The van der Waals surface area contributed by atoms with Crippen LogP contribution in [0.2, 0.25) is 0 Å². The molecule has 2 atom stereocenters. The van der Waals surface area contributed by atoms with E-state index in [2.05, 4.69) is 10.2 Å². The fraction of sp³-hybridized carbons (Fsp3) is 0.571. The lowest BCUT2D eigenvalue weighted by atomic mass is 10.1. The van der Waals surface area contributed by atoms with Gasteiger partial charge in [0.1, 0.15) is 0 Å². The van der Waals surface area contributed by atoms with Gasteiger partial charge in [-0.3, -0.25) is 0 Å². The Morgan fingerprint density at radius 3 is 2.84 bits per heavy atom. The molecule has 2 nitrogen and oxygen atoms in total. The van der Waals surface area contributed by atoms with Crippen LogP contribution in [0.25, 0.3) is 0 Å². The van der Waals surface area contributed by atoms with E-state index in [1.54, 1.807) is 6.07 Å². The highest BCUT2D eigenvalue weighted by Gasteiger charge is 2.36. The first-order valence-corrected chi connectivity index (χ1v) is 6.73. The number of alkyl halides is 3. The van der Waals surface area contributed by atoms with Crippen molar-refractivity contribution in [2.45, 2.75) is 37.5 Å². The molecule has 2 fully saturated rings. The summed E-state index contributed by atoms with van der Waals surface area (Å²) in [7, 11) is 0. The predicted molar refractivity (Wildman–Crippen MR) is 68.2 cm³/mol. The molecule has 104 valence electrons. The average molecular weight is 270 g/mol. The summed E-state index contributed by atoms with van der Waals surface area (Å²) in [6.07, 6.45) is -0.926. The second kappa shape index (κ2) is 4.71. The van der Waals surface area contributed by atoms with E-state index in [1.165, 1.54) is 12.1 Å². The molecule has 0 unspecified atom stereocenters. The maximum absolute atomic E-state index is 12.8. The van der Waals surface area contributed by atoms with Crippen LogP contribution in [0.15, 0.2) is 24.3 Å². The third-order valence-electron chi connectivity index (χ3n) is 4.14. The van der Waals surface area contributed by atoms with E-state index in [0.29, 0.717) is 17.8 Å². The van der Waals surface area contributed by atoms with Crippen LogP contribution in [0.4, 0.5) is 18.9 Å². The molecule has 1 aliphatic carbocycles. The molecule has 1 aromatic carbocycles. The first kappa shape index (κ1) is 12.8. The number of halogens is 3. The van der Waals surface area contributed by atoms with Gasteiger partial charge in [-0.05, 0) is 37.5 Å². The Hall–Kier alpha value is -1.23. The minimum Gasteiger partial charge on any atom is -0.366 e. The van der Waals surface area contributed by atoms with Crippen molar-refractivity contribution in [3.8, 4) is 0 Å². The van der Waals surface area contributed by atoms with Gasteiger partial charge in [-0.1, -0.05) is 6.07 Å². The highest BCUT2D eigenvalue weighted by Crippen LogP contribution is 2.35. The number of nitrogens with zero attached hydrogens (tertiary/aromatic N) is 1. The maximum atomic E-state index is 12.8. The zero-order chi connectivity index (χ0) is 13.5. The Labute approximate surface area is 110 Å². The van der Waals surface area contributed by atoms with E-state index < -0.39 is 11.7 Å². The molecule has 0 spiro atoms. The number of nitrogens with one attached hydrogen (secondary N) is 1. The smallest absolute Gasteiger partial charge is 0.366 e. The summed E-state index contributed by atoms with van der Waals surface area (Å²) in [4.78, 5) is 2.14. The van der Waals surface area contributed by atoms with Crippen LogP contribution in [-0.2, 0) is 6.18 Å². The van der Waals surface area contributed by atoms with Crippen LogP contribution in [-0.4, -0.2) is 25.2 Å². The van der Waals surface area contributed by atoms with Gasteiger partial charge in [-0.2, -0.15) is 13.2 Å². The number of hydrogen-bond acceptors (Lipinski definition) is 2. The average Bonchev–Trinajstić information content (AvgIpc) is 2.86. The molecule has 1 N–H and O–H groups in total. The van der Waals surface area contributed by atoms with Crippen LogP contribution in [0.3, 0.4) is 0 Å². The molecule has 3 rings (SSSR count). The van der Waals surface area contributed by atoms with Gasteiger partial charge in [-0.25, -0.2) is 0 Å².